The van der Waals surface area contributed by atoms with E-state index in [1.165, 1.54) is 37.7 Å². The second-order valence-electron chi connectivity index (χ2n) is 11.7. The van der Waals surface area contributed by atoms with Crippen molar-refractivity contribution in [3.05, 3.63) is 35.9 Å². The quantitative estimate of drug-likeness (QED) is 0.683. The molecule has 5 nitrogen and oxygen atoms in total. The molecule has 0 aromatic heterocycles. The minimum Gasteiger partial charge on any atom is -0.387 e. The van der Waals surface area contributed by atoms with Crippen molar-refractivity contribution in [3.63, 3.8) is 0 Å². The molecule has 1 aromatic carbocycles. The van der Waals surface area contributed by atoms with E-state index in [4.69, 9.17) is 0 Å². The van der Waals surface area contributed by atoms with Gasteiger partial charge in [-0.2, -0.15) is 0 Å². The predicted molar refractivity (Wildman–Crippen MR) is 131 cm³/mol. The van der Waals surface area contributed by atoms with E-state index in [1.807, 2.05) is 41.8 Å². The van der Waals surface area contributed by atoms with Crippen LogP contribution in [-0.4, -0.2) is 58.5 Å². The average molecular weight is 455 g/mol. The van der Waals surface area contributed by atoms with Gasteiger partial charge in [0.15, 0.2) is 0 Å². The molecule has 3 aliphatic rings. The first-order valence-electron chi connectivity index (χ1n) is 13.0. The SMILES string of the molecule is CC(CC1CCCCC1)C(=O)N1CCC(O)(CN2C[C@H](c3ccccc3)CC2=O)C(C)(C)C1. The van der Waals surface area contributed by atoms with Gasteiger partial charge in [0, 0.05) is 43.3 Å². The monoisotopic (exact) mass is 454 g/mol. The number of amides is 2. The topological polar surface area (TPSA) is 60.9 Å². The summed E-state index contributed by atoms with van der Waals surface area (Å²) in [6.45, 7) is 8.29. The van der Waals surface area contributed by atoms with Gasteiger partial charge in [-0.1, -0.05) is 83.2 Å². The number of carbonyl (C=O) groups is 2. The van der Waals surface area contributed by atoms with Crippen molar-refractivity contribution >= 4 is 11.8 Å². The van der Waals surface area contributed by atoms with Gasteiger partial charge in [-0.15, -0.1) is 0 Å². The van der Waals surface area contributed by atoms with Gasteiger partial charge in [0.2, 0.25) is 11.8 Å². The van der Waals surface area contributed by atoms with Gasteiger partial charge >= 0.3 is 0 Å². The van der Waals surface area contributed by atoms with Crippen molar-refractivity contribution in [3.8, 4) is 0 Å². The standard InChI is InChI=1S/C28H42N2O3/c1-21(16-22-10-6-4-7-11-22)26(32)29-15-14-28(33,27(2,3)19-29)20-30-18-24(17-25(30)31)23-12-8-5-9-13-23/h5,8-9,12-13,21-22,24,33H,4,6-7,10-11,14-20H2,1-3H3/t21?,24-,28?/m1/s1. The van der Waals surface area contributed by atoms with Crippen LogP contribution in [0.15, 0.2) is 30.3 Å². The molecule has 3 fully saturated rings. The van der Waals surface area contributed by atoms with Crippen LogP contribution in [0.5, 0.6) is 0 Å². The van der Waals surface area contributed by atoms with Gasteiger partial charge in [0.1, 0.15) is 0 Å². The van der Waals surface area contributed by atoms with Crippen molar-refractivity contribution in [2.45, 2.75) is 83.7 Å². The van der Waals surface area contributed by atoms with Crippen LogP contribution in [0.1, 0.15) is 83.6 Å². The molecule has 1 aliphatic carbocycles. The van der Waals surface area contributed by atoms with E-state index in [2.05, 4.69) is 19.1 Å². The summed E-state index contributed by atoms with van der Waals surface area (Å²) in [5, 5.41) is 11.7. The first-order valence-corrected chi connectivity index (χ1v) is 13.0. The summed E-state index contributed by atoms with van der Waals surface area (Å²) in [5.41, 5.74) is -0.277. The molecular formula is C28H42N2O3. The third-order valence-electron chi connectivity index (χ3n) is 8.72. The molecule has 1 aromatic rings. The molecule has 4 rings (SSSR count). The fourth-order valence-corrected chi connectivity index (χ4v) is 6.37. The molecule has 2 unspecified atom stereocenters. The number of aliphatic hydroxyl groups is 1. The largest absolute Gasteiger partial charge is 0.387 e. The van der Waals surface area contributed by atoms with E-state index >= 15 is 0 Å². The predicted octanol–water partition coefficient (Wildman–Crippen LogP) is 4.60. The summed E-state index contributed by atoms with van der Waals surface area (Å²) >= 11 is 0. The Bertz CT molecular complexity index is 833. The first-order chi connectivity index (χ1) is 15.7. The Morgan fingerprint density at radius 1 is 1.15 bits per heavy atom. The van der Waals surface area contributed by atoms with Crippen LogP contribution in [0.4, 0.5) is 0 Å². The molecule has 0 radical (unpaired) electrons. The van der Waals surface area contributed by atoms with Crippen LogP contribution in [-0.2, 0) is 9.59 Å². The number of likely N-dealkylation sites (tertiary alicyclic amines) is 2. The van der Waals surface area contributed by atoms with Gasteiger partial charge in [-0.3, -0.25) is 9.59 Å². The Hall–Kier alpha value is -1.88. The zero-order valence-electron chi connectivity index (χ0n) is 20.8. The maximum atomic E-state index is 13.2. The van der Waals surface area contributed by atoms with Crippen molar-refractivity contribution in [1.82, 2.24) is 9.80 Å². The minimum atomic E-state index is -0.988. The smallest absolute Gasteiger partial charge is 0.225 e. The summed E-state index contributed by atoms with van der Waals surface area (Å²) in [6.07, 6.45) is 8.47. The molecule has 0 spiro atoms. The normalized spacial score (nSPS) is 29.3. The van der Waals surface area contributed by atoms with Gasteiger partial charge in [0.25, 0.3) is 0 Å². The zero-order valence-corrected chi connectivity index (χ0v) is 20.8. The first kappa shape index (κ1) is 24.3. The van der Waals surface area contributed by atoms with Crippen molar-refractivity contribution in [1.29, 1.82) is 0 Å². The summed E-state index contributed by atoms with van der Waals surface area (Å²) in [5.74, 6) is 1.27. The number of hydrogen-bond acceptors (Lipinski definition) is 3. The third kappa shape index (κ3) is 5.29. The van der Waals surface area contributed by atoms with Gasteiger partial charge in [0.05, 0.1) is 12.1 Å². The highest BCUT2D eigenvalue weighted by Crippen LogP contribution is 2.41. The Morgan fingerprint density at radius 2 is 1.85 bits per heavy atom. The van der Waals surface area contributed by atoms with Crippen LogP contribution in [0, 0.1) is 17.3 Å². The van der Waals surface area contributed by atoms with Gasteiger partial charge in [-0.25, -0.2) is 0 Å². The van der Waals surface area contributed by atoms with E-state index in [-0.39, 0.29) is 23.7 Å². The molecule has 5 heteroatoms. The molecule has 2 saturated heterocycles. The van der Waals surface area contributed by atoms with Gasteiger partial charge in [-0.05, 0) is 24.3 Å². The number of piperidine rings is 1. The molecular weight excluding hydrogens is 412 g/mol. The van der Waals surface area contributed by atoms with Crippen molar-refractivity contribution < 1.29 is 14.7 Å². The fraction of sp³-hybridized carbons (Fsp3) is 0.714. The lowest BCUT2D eigenvalue weighted by Gasteiger charge is -2.51. The number of hydrogen-bond donors (Lipinski definition) is 1. The van der Waals surface area contributed by atoms with Crippen molar-refractivity contribution in [2.75, 3.05) is 26.2 Å². The zero-order chi connectivity index (χ0) is 23.6. The van der Waals surface area contributed by atoms with Crippen molar-refractivity contribution in [2.24, 2.45) is 17.3 Å². The van der Waals surface area contributed by atoms with E-state index in [9.17, 15) is 14.7 Å². The fourth-order valence-electron chi connectivity index (χ4n) is 6.37. The molecule has 182 valence electrons. The van der Waals surface area contributed by atoms with E-state index in [0.717, 1.165) is 6.42 Å². The lowest BCUT2D eigenvalue weighted by Crippen LogP contribution is -2.63. The molecule has 1 saturated carbocycles. The third-order valence-corrected chi connectivity index (χ3v) is 8.72. The summed E-state index contributed by atoms with van der Waals surface area (Å²) < 4.78 is 0. The lowest BCUT2D eigenvalue weighted by atomic mass is 9.69. The lowest BCUT2D eigenvalue weighted by molar-refractivity contribution is -0.161. The second-order valence-corrected chi connectivity index (χ2v) is 11.7. The van der Waals surface area contributed by atoms with Crippen LogP contribution in [0.3, 0.4) is 0 Å². The number of rotatable bonds is 6. The average Bonchev–Trinajstić information content (AvgIpc) is 3.16. The maximum Gasteiger partial charge on any atom is 0.225 e. The summed E-state index contributed by atoms with van der Waals surface area (Å²) in [6, 6.07) is 10.2. The highest BCUT2D eigenvalue weighted by atomic mass is 16.3. The second kappa shape index (κ2) is 9.77. The van der Waals surface area contributed by atoms with E-state index < -0.39 is 11.0 Å². The van der Waals surface area contributed by atoms with Crippen LogP contribution in [0.2, 0.25) is 0 Å². The molecule has 33 heavy (non-hydrogen) atoms. The molecule has 0 bridgehead atoms. The molecule has 3 atom stereocenters. The van der Waals surface area contributed by atoms with E-state index in [1.54, 1.807) is 0 Å². The molecule has 1 N–H and O–H groups in total. The Kier molecular flexibility index (Phi) is 7.18. The minimum absolute atomic E-state index is 0.0434. The highest BCUT2D eigenvalue weighted by Gasteiger charge is 2.51. The van der Waals surface area contributed by atoms with E-state index in [0.29, 0.717) is 44.9 Å². The number of nitrogens with zero attached hydrogens (tertiary/aromatic N) is 2. The highest BCUT2D eigenvalue weighted by molar-refractivity contribution is 5.80. The van der Waals surface area contributed by atoms with Crippen LogP contribution >= 0.6 is 0 Å². The number of β-amino-alcohol motifs (C(OH)–C–C–N with tert-alkyl or cyclic N) is 1. The number of carbonyl (C=O) groups excluding carboxylic acids is 2. The Labute approximate surface area is 199 Å². The summed E-state index contributed by atoms with van der Waals surface area (Å²) in [7, 11) is 0. The molecule has 2 amide bonds. The molecule has 2 heterocycles. The summed E-state index contributed by atoms with van der Waals surface area (Å²) in [4.78, 5) is 29.9. The Balaban J connectivity index is 1.36. The Morgan fingerprint density at radius 3 is 2.52 bits per heavy atom. The number of benzene rings is 1. The molecule has 2 aliphatic heterocycles. The van der Waals surface area contributed by atoms with Crippen LogP contribution in [0.25, 0.3) is 0 Å². The maximum absolute atomic E-state index is 13.2. The van der Waals surface area contributed by atoms with Gasteiger partial charge < -0.3 is 14.9 Å². The van der Waals surface area contributed by atoms with Crippen LogP contribution < -0.4 is 0 Å².